The van der Waals surface area contributed by atoms with Crippen molar-refractivity contribution in [2.75, 3.05) is 13.2 Å². The highest BCUT2D eigenvalue weighted by Gasteiger charge is 2.29. The topological polar surface area (TPSA) is 93.7 Å². The maximum atomic E-state index is 12.7. The first-order chi connectivity index (χ1) is 11.7. The summed E-state index contributed by atoms with van der Waals surface area (Å²) in [6.07, 6.45) is 0.736. The van der Waals surface area contributed by atoms with E-state index in [1.807, 2.05) is 13.8 Å². The highest BCUT2D eigenvalue weighted by molar-refractivity contribution is 7.89. The normalized spacial score (nSPS) is 15.8. The van der Waals surface area contributed by atoms with Crippen LogP contribution in [0.1, 0.15) is 34.1 Å². The van der Waals surface area contributed by atoms with Gasteiger partial charge in [0, 0.05) is 18.5 Å². The van der Waals surface area contributed by atoms with Crippen LogP contribution >= 0.6 is 0 Å². The Bertz CT molecular complexity index is 716. The lowest BCUT2D eigenvalue weighted by molar-refractivity contribution is -0.124. The van der Waals surface area contributed by atoms with Gasteiger partial charge in [-0.2, -0.15) is 4.72 Å². The number of benzene rings is 1. The Morgan fingerprint density at radius 2 is 1.72 bits per heavy atom. The molecular formula is C17H26N2O5S. The molecule has 0 spiro atoms. The van der Waals surface area contributed by atoms with Crippen LogP contribution in [0.3, 0.4) is 0 Å². The van der Waals surface area contributed by atoms with Gasteiger partial charge >= 0.3 is 0 Å². The average molecular weight is 370 g/mol. The second kappa shape index (κ2) is 8.05. The summed E-state index contributed by atoms with van der Waals surface area (Å²) in [4.78, 5) is 12.3. The predicted molar refractivity (Wildman–Crippen MR) is 94.3 cm³/mol. The maximum Gasteiger partial charge on any atom is 0.241 e. The molecule has 1 heterocycles. The van der Waals surface area contributed by atoms with Crippen molar-refractivity contribution in [2.45, 2.75) is 51.1 Å². The van der Waals surface area contributed by atoms with Crippen LogP contribution in [0.25, 0.3) is 0 Å². The van der Waals surface area contributed by atoms with Crippen molar-refractivity contribution in [3.63, 3.8) is 0 Å². The Hall–Kier alpha value is -1.80. The van der Waals surface area contributed by atoms with Gasteiger partial charge < -0.3 is 14.8 Å². The Kier molecular flexibility index (Phi) is 6.29. The summed E-state index contributed by atoms with van der Waals surface area (Å²) in [6, 6.07) is 3.53. The zero-order valence-corrected chi connectivity index (χ0v) is 15.9. The predicted octanol–water partition coefficient (Wildman–Crippen LogP) is 1.68. The smallest absolute Gasteiger partial charge is 0.241 e. The van der Waals surface area contributed by atoms with Gasteiger partial charge in [0.05, 0.1) is 18.1 Å². The molecule has 1 amide bonds. The minimum Gasteiger partial charge on any atom is -0.490 e. The summed E-state index contributed by atoms with van der Waals surface area (Å²) in [5.41, 5.74) is 0. The van der Waals surface area contributed by atoms with Gasteiger partial charge in [-0.3, -0.25) is 4.79 Å². The van der Waals surface area contributed by atoms with Gasteiger partial charge in [-0.05, 0) is 31.9 Å². The molecule has 7 nitrogen and oxygen atoms in total. The number of rotatable bonds is 6. The highest BCUT2D eigenvalue weighted by atomic mass is 32.2. The molecule has 1 atom stereocenters. The molecule has 0 saturated heterocycles. The molecule has 0 radical (unpaired) electrons. The van der Waals surface area contributed by atoms with Crippen LogP contribution in [0.5, 0.6) is 11.5 Å². The van der Waals surface area contributed by atoms with Gasteiger partial charge in [0.25, 0.3) is 0 Å². The molecule has 2 N–H and O–H groups in total. The first-order valence-electron chi connectivity index (χ1n) is 8.43. The number of nitrogens with one attached hydrogen (secondary N) is 2. The number of fused-ring (bicyclic) bond motifs is 1. The fourth-order valence-corrected chi connectivity index (χ4v) is 3.77. The van der Waals surface area contributed by atoms with Crippen molar-refractivity contribution >= 4 is 15.9 Å². The standard InChI is InChI=1S/C17H26N2O5S/c1-11(2)16(17(20)18-12(3)4)19-25(21,22)13-6-7-14-15(10-13)24-9-5-8-23-14/h6-7,10-12,16,19H,5,8-9H2,1-4H3,(H,18,20)/t16-/m1/s1. The van der Waals surface area contributed by atoms with E-state index < -0.39 is 16.1 Å². The van der Waals surface area contributed by atoms with Crippen LogP contribution in [-0.4, -0.2) is 39.6 Å². The van der Waals surface area contributed by atoms with E-state index in [1.165, 1.54) is 12.1 Å². The molecule has 1 aromatic carbocycles. The summed E-state index contributed by atoms with van der Waals surface area (Å²) in [5, 5.41) is 2.75. The summed E-state index contributed by atoms with van der Waals surface area (Å²) in [6.45, 7) is 8.24. The number of carbonyl (C=O) groups is 1. The summed E-state index contributed by atoms with van der Waals surface area (Å²) >= 11 is 0. The number of hydrogen-bond donors (Lipinski definition) is 2. The lowest BCUT2D eigenvalue weighted by Crippen LogP contribution is -2.51. The van der Waals surface area contributed by atoms with Crippen molar-refractivity contribution in [1.82, 2.24) is 10.0 Å². The Balaban J connectivity index is 2.25. The number of carbonyl (C=O) groups excluding carboxylic acids is 1. The lowest BCUT2D eigenvalue weighted by atomic mass is 10.0. The Morgan fingerprint density at radius 3 is 2.32 bits per heavy atom. The first kappa shape index (κ1) is 19.5. The molecule has 1 aliphatic heterocycles. The molecule has 0 aliphatic carbocycles. The van der Waals surface area contributed by atoms with Gasteiger partial charge in [-0.1, -0.05) is 13.8 Å². The van der Waals surface area contributed by atoms with E-state index in [9.17, 15) is 13.2 Å². The second-order valence-electron chi connectivity index (χ2n) is 6.67. The second-order valence-corrected chi connectivity index (χ2v) is 8.38. The Morgan fingerprint density at radius 1 is 1.08 bits per heavy atom. The fraction of sp³-hybridized carbons (Fsp3) is 0.588. The van der Waals surface area contributed by atoms with E-state index in [2.05, 4.69) is 10.0 Å². The number of sulfonamides is 1. The van der Waals surface area contributed by atoms with Crippen LogP contribution in [-0.2, 0) is 14.8 Å². The number of amides is 1. The van der Waals surface area contributed by atoms with Gasteiger partial charge in [0.15, 0.2) is 11.5 Å². The fourth-order valence-electron chi connectivity index (χ4n) is 2.41. The molecule has 8 heteroatoms. The van der Waals surface area contributed by atoms with Gasteiger partial charge in [0.1, 0.15) is 6.04 Å². The minimum atomic E-state index is -3.88. The minimum absolute atomic E-state index is 0.0414. The van der Waals surface area contributed by atoms with Gasteiger partial charge in [-0.15, -0.1) is 0 Å². The van der Waals surface area contributed by atoms with Crippen LogP contribution in [0, 0.1) is 5.92 Å². The van der Waals surface area contributed by atoms with E-state index in [-0.39, 0.29) is 22.8 Å². The quantitative estimate of drug-likeness (QED) is 0.795. The summed E-state index contributed by atoms with van der Waals surface area (Å²) in [5.74, 6) is 0.374. The molecule has 1 aromatic rings. The molecule has 0 unspecified atom stereocenters. The van der Waals surface area contributed by atoms with Crippen molar-refractivity contribution in [2.24, 2.45) is 5.92 Å². The summed E-state index contributed by atoms with van der Waals surface area (Å²) in [7, 11) is -3.88. The number of ether oxygens (including phenoxy) is 2. The molecular weight excluding hydrogens is 344 g/mol. The van der Waals surface area contributed by atoms with Gasteiger partial charge in [-0.25, -0.2) is 8.42 Å². The zero-order valence-electron chi connectivity index (χ0n) is 15.0. The van der Waals surface area contributed by atoms with Crippen LogP contribution in [0.4, 0.5) is 0 Å². The largest absolute Gasteiger partial charge is 0.490 e. The number of hydrogen-bond acceptors (Lipinski definition) is 5. The van der Waals surface area contributed by atoms with Crippen LogP contribution in [0.15, 0.2) is 23.1 Å². The molecule has 2 rings (SSSR count). The average Bonchev–Trinajstić information content (AvgIpc) is 2.76. The third-order valence-electron chi connectivity index (χ3n) is 3.69. The van der Waals surface area contributed by atoms with Crippen molar-refractivity contribution in [3.05, 3.63) is 18.2 Å². The maximum absolute atomic E-state index is 12.7. The molecule has 0 aromatic heterocycles. The summed E-state index contributed by atoms with van der Waals surface area (Å²) < 4.78 is 39.0. The van der Waals surface area contributed by atoms with E-state index in [1.54, 1.807) is 19.9 Å². The van der Waals surface area contributed by atoms with Crippen LogP contribution < -0.4 is 19.5 Å². The molecule has 0 saturated carbocycles. The van der Waals surface area contributed by atoms with Crippen LogP contribution in [0.2, 0.25) is 0 Å². The van der Waals surface area contributed by atoms with Crippen molar-refractivity contribution in [1.29, 1.82) is 0 Å². The molecule has 1 aliphatic rings. The van der Waals surface area contributed by atoms with Gasteiger partial charge in [0.2, 0.25) is 15.9 Å². The first-order valence-corrected chi connectivity index (χ1v) is 9.91. The molecule has 0 fully saturated rings. The molecule has 0 bridgehead atoms. The monoisotopic (exact) mass is 370 g/mol. The SMILES string of the molecule is CC(C)NC(=O)[C@H](NS(=O)(=O)c1ccc2c(c1)OCCCO2)C(C)C. The highest BCUT2D eigenvalue weighted by Crippen LogP contribution is 2.32. The Labute approximate surface area is 149 Å². The van der Waals surface area contributed by atoms with E-state index in [4.69, 9.17) is 9.47 Å². The zero-order chi connectivity index (χ0) is 18.6. The van der Waals surface area contributed by atoms with Crippen molar-refractivity contribution < 1.29 is 22.7 Å². The van der Waals surface area contributed by atoms with E-state index >= 15 is 0 Å². The van der Waals surface area contributed by atoms with E-state index in [0.717, 1.165) is 6.42 Å². The van der Waals surface area contributed by atoms with E-state index in [0.29, 0.717) is 24.7 Å². The molecule has 25 heavy (non-hydrogen) atoms. The third-order valence-corrected chi connectivity index (χ3v) is 5.13. The third kappa shape index (κ3) is 5.09. The molecule has 140 valence electrons. The van der Waals surface area contributed by atoms with Crippen molar-refractivity contribution in [3.8, 4) is 11.5 Å². The lowest BCUT2D eigenvalue weighted by Gasteiger charge is -2.23.